The third-order valence-corrected chi connectivity index (χ3v) is 2.77. The Balaban J connectivity index is 2.40. The average Bonchev–Trinajstić information content (AvgIpc) is 2.30. The minimum atomic E-state index is -0.131. The predicted octanol–water partition coefficient (Wildman–Crippen LogP) is 1.60. The first-order chi connectivity index (χ1) is 8.13. The minimum absolute atomic E-state index is 0.0305. The van der Waals surface area contributed by atoms with E-state index in [1.54, 1.807) is 0 Å². The zero-order chi connectivity index (χ0) is 12.7. The van der Waals surface area contributed by atoms with Crippen molar-refractivity contribution in [2.24, 2.45) is 5.73 Å². The number of halogens is 1. The zero-order valence-corrected chi connectivity index (χ0v) is 11.4. The van der Waals surface area contributed by atoms with Gasteiger partial charge in [0.15, 0.2) is 0 Å². The van der Waals surface area contributed by atoms with Gasteiger partial charge >= 0.3 is 0 Å². The number of nitrogens with two attached hydrogens (primary N) is 1. The van der Waals surface area contributed by atoms with Gasteiger partial charge < -0.3 is 15.8 Å². The van der Waals surface area contributed by atoms with E-state index in [1.165, 1.54) is 0 Å². The van der Waals surface area contributed by atoms with Gasteiger partial charge in [-0.3, -0.25) is 4.79 Å². The van der Waals surface area contributed by atoms with Crippen molar-refractivity contribution in [1.82, 2.24) is 5.32 Å². The fourth-order valence-electron chi connectivity index (χ4n) is 1.37. The summed E-state index contributed by atoms with van der Waals surface area (Å²) in [7, 11) is 0. The second kappa shape index (κ2) is 7.42. The van der Waals surface area contributed by atoms with Gasteiger partial charge in [-0.25, -0.2) is 0 Å². The molecular formula is C12H17BrN2O2. The van der Waals surface area contributed by atoms with Crippen molar-refractivity contribution in [3.8, 4) is 0 Å². The van der Waals surface area contributed by atoms with Crippen molar-refractivity contribution in [3.05, 3.63) is 34.3 Å². The number of carbonyl (C=O) groups is 1. The van der Waals surface area contributed by atoms with E-state index in [0.717, 1.165) is 10.0 Å². The molecule has 1 amide bonds. The Labute approximate surface area is 110 Å². The van der Waals surface area contributed by atoms with Gasteiger partial charge in [0.25, 0.3) is 0 Å². The molecule has 1 aromatic rings. The van der Waals surface area contributed by atoms with Crippen molar-refractivity contribution in [2.75, 3.05) is 19.8 Å². The molecule has 1 unspecified atom stereocenters. The van der Waals surface area contributed by atoms with Crippen molar-refractivity contribution in [2.45, 2.75) is 13.0 Å². The van der Waals surface area contributed by atoms with Gasteiger partial charge in [-0.2, -0.15) is 0 Å². The fraction of sp³-hybridized carbons (Fsp3) is 0.417. The van der Waals surface area contributed by atoms with Crippen LogP contribution < -0.4 is 11.1 Å². The van der Waals surface area contributed by atoms with Crippen LogP contribution in [0.25, 0.3) is 0 Å². The molecule has 0 bridgehead atoms. The lowest BCUT2D eigenvalue weighted by molar-refractivity contribution is -0.126. The van der Waals surface area contributed by atoms with Crippen molar-refractivity contribution in [1.29, 1.82) is 0 Å². The smallest absolute Gasteiger partial charge is 0.246 e. The molecule has 4 nitrogen and oxygen atoms in total. The molecule has 94 valence electrons. The van der Waals surface area contributed by atoms with E-state index in [1.807, 2.05) is 31.2 Å². The third kappa shape index (κ3) is 5.30. The lowest BCUT2D eigenvalue weighted by Gasteiger charge is -2.14. The maximum absolute atomic E-state index is 11.5. The number of benzene rings is 1. The summed E-state index contributed by atoms with van der Waals surface area (Å²) in [4.78, 5) is 11.5. The fourth-order valence-corrected chi connectivity index (χ4v) is 1.63. The number of carbonyl (C=O) groups excluding carboxylic acids is 1. The first-order valence-corrected chi connectivity index (χ1v) is 6.25. The van der Waals surface area contributed by atoms with E-state index in [2.05, 4.69) is 21.2 Å². The van der Waals surface area contributed by atoms with Gasteiger partial charge in [0, 0.05) is 11.0 Å². The molecule has 0 spiro atoms. The first-order valence-electron chi connectivity index (χ1n) is 5.46. The van der Waals surface area contributed by atoms with E-state index in [4.69, 9.17) is 10.5 Å². The maximum atomic E-state index is 11.5. The van der Waals surface area contributed by atoms with Gasteiger partial charge in [-0.05, 0) is 24.6 Å². The molecule has 5 heteroatoms. The summed E-state index contributed by atoms with van der Waals surface area (Å²) in [5.41, 5.74) is 6.32. The second-order valence-corrected chi connectivity index (χ2v) is 4.60. The Bertz CT molecular complexity index is 354. The molecule has 0 radical (unpaired) electrons. The lowest BCUT2D eigenvalue weighted by atomic mass is 10.1. The molecule has 1 aromatic carbocycles. The third-order valence-electron chi connectivity index (χ3n) is 2.24. The molecule has 3 N–H and O–H groups in total. The number of nitrogens with one attached hydrogen (secondary N) is 1. The van der Waals surface area contributed by atoms with Gasteiger partial charge in [-0.1, -0.05) is 28.1 Å². The van der Waals surface area contributed by atoms with Crippen LogP contribution in [0.1, 0.15) is 18.5 Å². The van der Waals surface area contributed by atoms with E-state index in [0.29, 0.717) is 13.2 Å². The quantitative estimate of drug-likeness (QED) is 0.785. The predicted molar refractivity (Wildman–Crippen MR) is 70.6 cm³/mol. The Kier molecular flexibility index (Phi) is 6.18. The van der Waals surface area contributed by atoms with Gasteiger partial charge in [-0.15, -0.1) is 0 Å². The molecule has 0 saturated carbocycles. The topological polar surface area (TPSA) is 64.3 Å². The van der Waals surface area contributed by atoms with Crippen LogP contribution in [0.15, 0.2) is 28.7 Å². The highest BCUT2D eigenvalue weighted by atomic mass is 79.9. The van der Waals surface area contributed by atoms with Crippen molar-refractivity contribution < 1.29 is 9.53 Å². The molecule has 0 aromatic heterocycles. The monoisotopic (exact) mass is 300 g/mol. The first kappa shape index (κ1) is 14.2. The van der Waals surface area contributed by atoms with Gasteiger partial charge in [0.05, 0.1) is 12.6 Å². The Morgan fingerprint density at radius 3 is 2.71 bits per heavy atom. The number of amides is 1. The number of rotatable bonds is 6. The highest BCUT2D eigenvalue weighted by Crippen LogP contribution is 2.16. The van der Waals surface area contributed by atoms with E-state index >= 15 is 0 Å². The molecular weight excluding hydrogens is 284 g/mol. The molecule has 0 fully saturated rings. The molecule has 0 aliphatic heterocycles. The second-order valence-electron chi connectivity index (χ2n) is 3.68. The summed E-state index contributed by atoms with van der Waals surface area (Å²) in [6.07, 6.45) is 0. The van der Waals surface area contributed by atoms with E-state index < -0.39 is 0 Å². The summed E-state index contributed by atoms with van der Waals surface area (Å²) < 4.78 is 6.08. The summed E-state index contributed by atoms with van der Waals surface area (Å²) in [5.74, 6) is -0.131. The van der Waals surface area contributed by atoms with Gasteiger partial charge in [0.2, 0.25) is 5.91 Å². The van der Waals surface area contributed by atoms with Crippen molar-refractivity contribution >= 4 is 21.8 Å². The summed E-state index contributed by atoms with van der Waals surface area (Å²) in [6.45, 7) is 2.82. The maximum Gasteiger partial charge on any atom is 0.246 e. The summed E-state index contributed by atoms with van der Waals surface area (Å²) in [6, 6.07) is 7.80. The van der Waals surface area contributed by atoms with Crippen LogP contribution in [0.4, 0.5) is 0 Å². The highest BCUT2D eigenvalue weighted by molar-refractivity contribution is 9.10. The summed E-state index contributed by atoms with van der Waals surface area (Å²) >= 11 is 3.37. The average molecular weight is 301 g/mol. The molecule has 0 saturated heterocycles. The lowest BCUT2D eigenvalue weighted by Crippen LogP contribution is -2.30. The number of ether oxygens (including phenoxy) is 1. The van der Waals surface area contributed by atoms with E-state index in [-0.39, 0.29) is 18.6 Å². The molecule has 0 aliphatic carbocycles. The Morgan fingerprint density at radius 1 is 1.47 bits per heavy atom. The van der Waals surface area contributed by atoms with E-state index in [9.17, 15) is 4.79 Å². The molecule has 1 rings (SSSR count). The molecule has 0 heterocycles. The standard InChI is InChI=1S/C12H17BrN2O2/c1-9(10-2-4-11(13)5-3-10)15-12(16)8-17-7-6-14/h2-5,9H,6-8,14H2,1H3,(H,15,16). The molecule has 0 aliphatic rings. The van der Waals surface area contributed by atoms with Crippen LogP contribution >= 0.6 is 15.9 Å². The zero-order valence-electron chi connectivity index (χ0n) is 9.78. The number of hydrogen-bond donors (Lipinski definition) is 2. The summed E-state index contributed by atoms with van der Waals surface area (Å²) in [5, 5.41) is 2.85. The van der Waals surface area contributed by atoms with Crippen LogP contribution in [0.2, 0.25) is 0 Å². The molecule has 17 heavy (non-hydrogen) atoms. The van der Waals surface area contributed by atoms with Gasteiger partial charge in [0.1, 0.15) is 6.61 Å². The minimum Gasteiger partial charge on any atom is -0.370 e. The van der Waals surface area contributed by atoms with Crippen molar-refractivity contribution in [3.63, 3.8) is 0 Å². The van der Waals surface area contributed by atoms with Crippen LogP contribution in [0.5, 0.6) is 0 Å². The largest absolute Gasteiger partial charge is 0.370 e. The van der Waals surface area contributed by atoms with Crippen LogP contribution in [0, 0.1) is 0 Å². The highest BCUT2D eigenvalue weighted by Gasteiger charge is 2.09. The number of hydrogen-bond acceptors (Lipinski definition) is 3. The van der Waals surface area contributed by atoms with Crippen LogP contribution in [-0.4, -0.2) is 25.7 Å². The normalized spacial score (nSPS) is 12.2. The van der Waals surface area contributed by atoms with Crippen LogP contribution in [0.3, 0.4) is 0 Å². The Hall–Kier alpha value is -0.910. The van der Waals surface area contributed by atoms with Crippen LogP contribution in [-0.2, 0) is 9.53 Å². The SMILES string of the molecule is CC(NC(=O)COCCN)c1ccc(Br)cc1. The Morgan fingerprint density at radius 2 is 2.12 bits per heavy atom. The molecule has 1 atom stereocenters.